The first kappa shape index (κ1) is 12.8. The molecule has 6 heteroatoms. The molecule has 3 N–H and O–H groups in total. The van der Waals surface area contributed by atoms with E-state index in [1.54, 1.807) is 6.20 Å². The number of nitrogens with one attached hydrogen (secondary N) is 1. The molecule has 0 aliphatic heterocycles. The van der Waals surface area contributed by atoms with E-state index in [1.165, 1.54) is 0 Å². The molecule has 0 fully saturated rings. The van der Waals surface area contributed by atoms with Gasteiger partial charge >= 0.3 is 0 Å². The van der Waals surface area contributed by atoms with Crippen LogP contribution in [0.3, 0.4) is 0 Å². The molecule has 18 heavy (non-hydrogen) atoms. The Labute approximate surface area is 114 Å². The average molecular weight is 308 g/mol. The number of hydrogen-bond acceptors (Lipinski definition) is 5. The van der Waals surface area contributed by atoms with Crippen LogP contribution >= 0.6 is 15.9 Å². The quantitative estimate of drug-likeness (QED) is 0.911. The summed E-state index contributed by atoms with van der Waals surface area (Å²) < 4.78 is 0.958. The van der Waals surface area contributed by atoms with Gasteiger partial charge in [0.1, 0.15) is 5.82 Å². The van der Waals surface area contributed by atoms with Gasteiger partial charge < -0.3 is 11.1 Å². The molecule has 5 nitrogen and oxygen atoms in total. The first-order valence-corrected chi connectivity index (χ1v) is 6.30. The molecule has 94 valence electrons. The Balaban J connectivity index is 2.13. The lowest BCUT2D eigenvalue weighted by Crippen LogP contribution is -2.09. The molecule has 2 aromatic heterocycles. The highest BCUT2D eigenvalue weighted by Crippen LogP contribution is 2.19. The summed E-state index contributed by atoms with van der Waals surface area (Å²) in [6.07, 6.45) is 1.76. The average Bonchev–Trinajstić information content (AvgIpc) is 2.34. The van der Waals surface area contributed by atoms with Crippen LogP contribution in [0.5, 0.6) is 0 Å². The molecular formula is C12H14BrN5. The number of nitrogens with two attached hydrogens (primary N) is 1. The standard InChI is InChI=1S/C12H14BrN5/c1-7-11(14)12(18-8(2)17-7)16-6-10-4-3-9(13)5-15-10/h3-5H,6,14H2,1-2H3,(H,16,17,18). The van der Waals surface area contributed by atoms with Gasteiger partial charge in [0.2, 0.25) is 0 Å². The van der Waals surface area contributed by atoms with Crippen molar-refractivity contribution >= 4 is 27.4 Å². The van der Waals surface area contributed by atoms with Crippen molar-refractivity contribution in [3.8, 4) is 0 Å². The lowest BCUT2D eigenvalue weighted by Gasteiger charge is -2.10. The first-order chi connectivity index (χ1) is 8.56. The number of aryl methyl sites for hydroxylation is 2. The zero-order chi connectivity index (χ0) is 13.1. The maximum Gasteiger partial charge on any atom is 0.153 e. The largest absolute Gasteiger partial charge is 0.394 e. The molecule has 0 amide bonds. The van der Waals surface area contributed by atoms with E-state index in [-0.39, 0.29) is 0 Å². The van der Waals surface area contributed by atoms with E-state index in [1.807, 2.05) is 26.0 Å². The van der Waals surface area contributed by atoms with Crippen LogP contribution in [0, 0.1) is 13.8 Å². The number of rotatable bonds is 3. The summed E-state index contributed by atoms with van der Waals surface area (Å²) >= 11 is 3.35. The minimum Gasteiger partial charge on any atom is -0.394 e. The second kappa shape index (κ2) is 5.30. The molecule has 2 heterocycles. The smallest absolute Gasteiger partial charge is 0.153 e. The fourth-order valence-corrected chi connectivity index (χ4v) is 1.78. The van der Waals surface area contributed by atoms with Crippen molar-refractivity contribution in [2.24, 2.45) is 0 Å². The molecule has 0 radical (unpaired) electrons. The molecule has 0 unspecified atom stereocenters. The Bertz CT molecular complexity index is 553. The minimum atomic E-state index is 0.577. The molecule has 0 aliphatic rings. The van der Waals surface area contributed by atoms with Crippen LogP contribution in [0.4, 0.5) is 11.5 Å². The number of pyridine rings is 1. The van der Waals surface area contributed by atoms with Gasteiger partial charge in [0.05, 0.1) is 23.6 Å². The summed E-state index contributed by atoms with van der Waals surface area (Å²) in [5.41, 5.74) is 8.21. The Hall–Kier alpha value is -1.69. The van der Waals surface area contributed by atoms with Gasteiger partial charge in [-0.2, -0.15) is 0 Å². The summed E-state index contributed by atoms with van der Waals surface area (Å²) in [5, 5.41) is 3.18. The van der Waals surface area contributed by atoms with Crippen molar-refractivity contribution in [2.45, 2.75) is 20.4 Å². The van der Waals surface area contributed by atoms with E-state index < -0.39 is 0 Å². The molecule has 0 atom stereocenters. The van der Waals surface area contributed by atoms with Crippen molar-refractivity contribution in [1.82, 2.24) is 15.0 Å². The molecular weight excluding hydrogens is 294 g/mol. The van der Waals surface area contributed by atoms with Gasteiger partial charge in [0.15, 0.2) is 5.82 Å². The lowest BCUT2D eigenvalue weighted by atomic mass is 10.3. The summed E-state index contributed by atoms with van der Waals surface area (Å²) in [6.45, 7) is 4.29. The third-order valence-electron chi connectivity index (χ3n) is 2.47. The van der Waals surface area contributed by atoms with Crippen molar-refractivity contribution in [2.75, 3.05) is 11.1 Å². The van der Waals surface area contributed by atoms with Gasteiger partial charge in [0, 0.05) is 10.7 Å². The van der Waals surface area contributed by atoms with Crippen molar-refractivity contribution in [3.05, 3.63) is 40.0 Å². The van der Waals surface area contributed by atoms with Gasteiger partial charge in [0.25, 0.3) is 0 Å². The molecule has 2 rings (SSSR count). The Morgan fingerprint density at radius 2 is 2.06 bits per heavy atom. The van der Waals surface area contributed by atoms with Gasteiger partial charge in [-0.05, 0) is 41.9 Å². The number of anilines is 2. The van der Waals surface area contributed by atoms with E-state index in [9.17, 15) is 0 Å². The van der Waals surface area contributed by atoms with Gasteiger partial charge in [-0.25, -0.2) is 9.97 Å². The highest BCUT2D eigenvalue weighted by atomic mass is 79.9. The Morgan fingerprint density at radius 1 is 1.28 bits per heavy atom. The SMILES string of the molecule is Cc1nc(C)c(N)c(NCc2ccc(Br)cn2)n1. The monoisotopic (exact) mass is 307 g/mol. The molecule has 2 aromatic rings. The van der Waals surface area contributed by atoms with E-state index in [0.29, 0.717) is 23.9 Å². The molecule has 0 aliphatic carbocycles. The van der Waals surface area contributed by atoms with Crippen LogP contribution in [0.25, 0.3) is 0 Å². The van der Waals surface area contributed by atoms with E-state index in [4.69, 9.17) is 5.73 Å². The maximum absolute atomic E-state index is 5.92. The number of nitrogens with zero attached hydrogens (tertiary/aromatic N) is 3. The van der Waals surface area contributed by atoms with E-state index >= 15 is 0 Å². The van der Waals surface area contributed by atoms with Crippen molar-refractivity contribution < 1.29 is 0 Å². The molecule has 0 spiro atoms. The zero-order valence-electron chi connectivity index (χ0n) is 10.2. The summed E-state index contributed by atoms with van der Waals surface area (Å²) in [5.74, 6) is 1.36. The van der Waals surface area contributed by atoms with Crippen LogP contribution in [0.15, 0.2) is 22.8 Å². The van der Waals surface area contributed by atoms with Crippen LogP contribution < -0.4 is 11.1 Å². The predicted octanol–water partition coefficient (Wildman–Crippen LogP) is 2.45. The highest BCUT2D eigenvalue weighted by Gasteiger charge is 2.06. The van der Waals surface area contributed by atoms with Crippen LogP contribution in [0.2, 0.25) is 0 Å². The van der Waals surface area contributed by atoms with E-state index in [2.05, 4.69) is 36.2 Å². The topological polar surface area (TPSA) is 76.7 Å². The third kappa shape index (κ3) is 2.95. The zero-order valence-corrected chi connectivity index (χ0v) is 11.8. The molecule has 0 saturated carbocycles. The Morgan fingerprint density at radius 3 is 2.72 bits per heavy atom. The van der Waals surface area contributed by atoms with Crippen molar-refractivity contribution in [1.29, 1.82) is 0 Å². The highest BCUT2D eigenvalue weighted by molar-refractivity contribution is 9.10. The van der Waals surface area contributed by atoms with Gasteiger partial charge in [-0.1, -0.05) is 0 Å². The van der Waals surface area contributed by atoms with Crippen LogP contribution in [-0.4, -0.2) is 15.0 Å². The minimum absolute atomic E-state index is 0.577. The fraction of sp³-hybridized carbons (Fsp3) is 0.250. The summed E-state index contributed by atoms with van der Waals surface area (Å²) in [6, 6.07) is 3.89. The van der Waals surface area contributed by atoms with Gasteiger partial charge in [-0.3, -0.25) is 4.98 Å². The lowest BCUT2D eigenvalue weighted by molar-refractivity contribution is 0.978. The summed E-state index contributed by atoms with van der Waals surface area (Å²) in [7, 11) is 0. The van der Waals surface area contributed by atoms with Gasteiger partial charge in [-0.15, -0.1) is 0 Å². The predicted molar refractivity (Wildman–Crippen MR) is 75.2 cm³/mol. The number of hydrogen-bond donors (Lipinski definition) is 2. The molecule has 0 bridgehead atoms. The number of aromatic nitrogens is 3. The second-order valence-corrected chi connectivity index (χ2v) is 4.86. The first-order valence-electron chi connectivity index (χ1n) is 5.51. The fourth-order valence-electron chi connectivity index (χ4n) is 1.54. The Kier molecular flexibility index (Phi) is 3.76. The molecule has 0 aromatic carbocycles. The van der Waals surface area contributed by atoms with Crippen LogP contribution in [-0.2, 0) is 6.54 Å². The summed E-state index contributed by atoms with van der Waals surface area (Å²) in [4.78, 5) is 12.8. The third-order valence-corrected chi connectivity index (χ3v) is 2.94. The van der Waals surface area contributed by atoms with Crippen molar-refractivity contribution in [3.63, 3.8) is 0 Å². The molecule has 0 saturated heterocycles. The second-order valence-electron chi connectivity index (χ2n) is 3.94. The normalized spacial score (nSPS) is 10.4. The van der Waals surface area contributed by atoms with Crippen LogP contribution in [0.1, 0.15) is 17.2 Å². The maximum atomic E-state index is 5.92. The van der Waals surface area contributed by atoms with E-state index in [0.717, 1.165) is 15.9 Å². The number of halogens is 1. The number of nitrogen functional groups attached to an aromatic ring is 1.